The van der Waals surface area contributed by atoms with Crippen molar-refractivity contribution in [3.05, 3.63) is 107 Å². The Hall–Kier alpha value is -3.73. The second-order valence-electron chi connectivity index (χ2n) is 8.50. The lowest BCUT2D eigenvalue weighted by atomic mass is 9.47. The van der Waals surface area contributed by atoms with Crippen molar-refractivity contribution in [3.8, 4) is 0 Å². The smallest absolute Gasteiger partial charge is 0.235 e. The van der Waals surface area contributed by atoms with Gasteiger partial charge in [0.15, 0.2) is 0 Å². The normalized spacial score (nSPS) is 27.6. The van der Waals surface area contributed by atoms with Gasteiger partial charge in [-0.05, 0) is 27.8 Å². The summed E-state index contributed by atoms with van der Waals surface area (Å²) in [5.74, 6) is -4.18. The number of imide groups is 1. The van der Waals surface area contributed by atoms with Crippen LogP contribution in [0.25, 0.3) is 0 Å². The molecule has 3 aromatic carbocycles. The van der Waals surface area contributed by atoms with Gasteiger partial charge in [0.25, 0.3) is 0 Å². The van der Waals surface area contributed by atoms with Crippen LogP contribution in [-0.4, -0.2) is 22.7 Å². The van der Waals surface area contributed by atoms with Crippen LogP contribution in [0.4, 0.5) is 0 Å². The number of aliphatic carboxylic acids is 1. The molecule has 1 fully saturated rings. The Morgan fingerprint density at radius 2 is 1.35 bits per heavy atom. The molecular formula is C26H18NO4-. The first-order valence-corrected chi connectivity index (χ1v) is 10.4. The molecule has 1 aliphatic heterocycles. The summed E-state index contributed by atoms with van der Waals surface area (Å²) in [7, 11) is 0. The van der Waals surface area contributed by atoms with Crippen LogP contribution in [0.2, 0.25) is 0 Å². The minimum absolute atomic E-state index is 0.133. The molecule has 5 heteroatoms. The molecule has 0 saturated carbocycles. The van der Waals surface area contributed by atoms with Gasteiger partial charge in [-0.2, -0.15) is 0 Å². The van der Waals surface area contributed by atoms with E-state index >= 15 is 0 Å². The number of carboxylic acid groups (broad SMARTS) is 1. The largest absolute Gasteiger partial charge is 0.549 e. The zero-order chi connectivity index (χ0) is 21.3. The Labute approximate surface area is 178 Å². The Balaban J connectivity index is 1.61. The lowest BCUT2D eigenvalue weighted by Gasteiger charge is -2.54. The number of hydrogen-bond donors (Lipinski definition) is 0. The van der Waals surface area contributed by atoms with Gasteiger partial charge in [0.1, 0.15) is 0 Å². The number of rotatable bonds is 3. The predicted octanol–water partition coefficient (Wildman–Crippen LogP) is 1.98. The lowest BCUT2D eigenvalue weighted by molar-refractivity contribution is -0.314. The average molecular weight is 408 g/mol. The number of amides is 2. The number of hydrogen-bond acceptors (Lipinski definition) is 4. The third-order valence-electron chi connectivity index (χ3n) is 7.21. The van der Waals surface area contributed by atoms with Crippen LogP contribution in [0.3, 0.4) is 0 Å². The first-order valence-electron chi connectivity index (χ1n) is 10.4. The topological polar surface area (TPSA) is 77.5 Å². The first kappa shape index (κ1) is 18.1. The average Bonchev–Trinajstić information content (AvgIpc) is 3.05. The lowest BCUT2D eigenvalue weighted by Crippen LogP contribution is -2.61. The summed E-state index contributed by atoms with van der Waals surface area (Å²) in [5, 5.41) is 12.9. The summed E-state index contributed by atoms with van der Waals surface area (Å²) in [6, 6.07) is 23.8. The molecule has 5 nitrogen and oxygen atoms in total. The van der Waals surface area contributed by atoms with Gasteiger partial charge in [0.05, 0.1) is 29.8 Å². The van der Waals surface area contributed by atoms with Gasteiger partial charge in [-0.1, -0.05) is 78.9 Å². The number of likely N-dealkylation sites (tertiary alicyclic amines) is 1. The van der Waals surface area contributed by atoms with Crippen LogP contribution in [0.15, 0.2) is 78.9 Å². The van der Waals surface area contributed by atoms with Crippen molar-refractivity contribution in [2.75, 3.05) is 0 Å². The molecule has 7 rings (SSSR count). The second-order valence-corrected chi connectivity index (χ2v) is 8.50. The fourth-order valence-electron chi connectivity index (χ4n) is 6.10. The number of carboxylic acids is 1. The van der Waals surface area contributed by atoms with E-state index in [2.05, 4.69) is 0 Å². The summed E-state index contributed by atoms with van der Waals surface area (Å²) in [4.78, 5) is 41.5. The highest BCUT2D eigenvalue weighted by Gasteiger charge is 2.68. The SMILES string of the molecule is O=C1[C@@H]2C3c4ccccc4C(C(=O)[O-])(c4ccccc43)[C@@H]2C(=O)N1Cc1ccccc1. The molecule has 1 saturated heterocycles. The van der Waals surface area contributed by atoms with Crippen LogP contribution in [0.1, 0.15) is 33.7 Å². The molecule has 3 aliphatic carbocycles. The van der Waals surface area contributed by atoms with Crippen molar-refractivity contribution in [2.45, 2.75) is 17.9 Å². The minimum atomic E-state index is -1.68. The number of nitrogens with zero attached hydrogens (tertiary/aromatic N) is 1. The standard InChI is InChI=1S/C26H19NO4/c28-23-21-20-16-10-4-6-12-18(16)26(25(30)31,19-13-7-5-11-17(19)20)22(21)24(29)27(23)14-15-8-2-1-3-9-15/h1-13,20-22H,14H2,(H,30,31)/p-1/t20?,21-,22+,26?/m1/s1. The van der Waals surface area contributed by atoms with Gasteiger partial charge in [-0.15, -0.1) is 0 Å². The van der Waals surface area contributed by atoms with E-state index in [0.29, 0.717) is 11.1 Å². The van der Waals surface area contributed by atoms with Crippen molar-refractivity contribution >= 4 is 17.8 Å². The van der Waals surface area contributed by atoms with Crippen LogP contribution in [0.5, 0.6) is 0 Å². The molecule has 2 amide bonds. The highest BCUT2D eigenvalue weighted by Crippen LogP contribution is 2.63. The van der Waals surface area contributed by atoms with Gasteiger partial charge in [-0.3, -0.25) is 14.5 Å². The van der Waals surface area contributed by atoms with E-state index in [0.717, 1.165) is 16.7 Å². The van der Waals surface area contributed by atoms with Crippen molar-refractivity contribution in [2.24, 2.45) is 11.8 Å². The van der Waals surface area contributed by atoms with E-state index in [1.165, 1.54) is 4.90 Å². The zero-order valence-corrected chi connectivity index (χ0v) is 16.5. The highest BCUT2D eigenvalue weighted by molar-refractivity contribution is 6.11. The van der Waals surface area contributed by atoms with Gasteiger partial charge in [0.2, 0.25) is 11.8 Å². The summed E-state index contributed by atoms with van der Waals surface area (Å²) in [6.45, 7) is 0.133. The monoisotopic (exact) mass is 408 g/mol. The number of carbonyl (C=O) groups excluding carboxylic acids is 3. The van der Waals surface area contributed by atoms with Crippen molar-refractivity contribution in [1.82, 2.24) is 4.90 Å². The van der Waals surface area contributed by atoms with Crippen LogP contribution in [0, 0.1) is 11.8 Å². The maximum absolute atomic E-state index is 13.7. The first-order chi connectivity index (χ1) is 15.1. The fraction of sp³-hybridized carbons (Fsp3) is 0.192. The maximum atomic E-state index is 13.7. The van der Waals surface area contributed by atoms with Crippen molar-refractivity contribution < 1.29 is 19.5 Å². The molecule has 0 spiro atoms. The highest BCUT2D eigenvalue weighted by atomic mass is 16.4. The Kier molecular flexibility index (Phi) is 3.58. The summed E-state index contributed by atoms with van der Waals surface area (Å²) in [6.07, 6.45) is 0. The molecule has 2 bridgehead atoms. The van der Waals surface area contributed by atoms with E-state index < -0.39 is 29.1 Å². The molecule has 1 heterocycles. The molecule has 0 aromatic heterocycles. The van der Waals surface area contributed by atoms with E-state index in [1.807, 2.05) is 54.6 Å². The fourth-order valence-corrected chi connectivity index (χ4v) is 6.10. The quantitative estimate of drug-likeness (QED) is 0.621. The molecule has 0 radical (unpaired) electrons. The van der Waals surface area contributed by atoms with E-state index in [1.54, 1.807) is 24.3 Å². The molecule has 3 aromatic rings. The van der Waals surface area contributed by atoms with Gasteiger partial charge in [0, 0.05) is 5.92 Å². The van der Waals surface area contributed by atoms with Crippen molar-refractivity contribution in [1.29, 1.82) is 0 Å². The van der Waals surface area contributed by atoms with E-state index in [9.17, 15) is 19.5 Å². The Morgan fingerprint density at radius 3 is 1.94 bits per heavy atom. The van der Waals surface area contributed by atoms with E-state index in [-0.39, 0.29) is 18.4 Å². The molecular weight excluding hydrogens is 390 g/mol. The number of benzene rings is 3. The molecule has 2 atom stereocenters. The van der Waals surface area contributed by atoms with Crippen LogP contribution in [-0.2, 0) is 26.3 Å². The summed E-state index contributed by atoms with van der Waals surface area (Å²) >= 11 is 0. The Bertz CT molecular complexity index is 1220. The maximum Gasteiger partial charge on any atom is 0.235 e. The summed E-state index contributed by atoms with van der Waals surface area (Å²) in [5.41, 5.74) is 1.90. The van der Waals surface area contributed by atoms with Gasteiger partial charge < -0.3 is 9.90 Å². The molecule has 0 N–H and O–H groups in total. The minimum Gasteiger partial charge on any atom is -0.549 e. The van der Waals surface area contributed by atoms with Gasteiger partial charge in [-0.25, -0.2) is 0 Å². The molecule has 31 heavy (non-hydrogen) atoms. The molecule has 0 unspecified atom stereocenters. The van der Waals surface area contributed by atoms with Crippen LogP contribution >= 0.6 is 0 Å². The van der Waals surface area contributed by atoms with Crippen molar-refractivity contribution in [3.63, 3.8) is 0 Å². The van der Waals surface area contributed by atoms with Gasteiger partial charge >= 0.3 is 0 Å². The third kappa shape index (κ3) is 2.08. The van der Waals surface area contributed by atoms with E-state index in [4.69, 9.17) is 0 Å². The summed E-state index contributed by atoms with van der Waals surface area (Å²) < 4.78 is 0. The van der Waals surface area contributed by atoms with Crippen LogP contribution < -0.4 is 5.11 Å². The Morgan fingerprint density at radius 1 is 0.806 bits per heavy atom. The molecule has 4 aliphatic rings. The zero-order valence-electron chi connectivity index (χ0n) is 16.5. The second kappa shape index (κ2) is 6.14. The third-order valence-corrected chi connectivity index (χ3v) is 7.21. The predicted molar refractivity (Wildman–Crippen MR) is 109 cm³/mol. The molecule has 152 valence electrons. The number of carbonyl (C=O) groups is 3.